The number of fused-ring (bicyclic) bond motifs is 1. The summed E-state index contributed by atoms with van der Waals surface area (Å²) in [5.41, 5.74) is 4.32. The van der Waals surface area contributed by atoms with E-state index in [1.807, 2.05) is 54.5 Å². The second kappa shape index (κ2) is 8.59. The van der Waals surface area contributed by atoms with E-state index in [2.05, 4.69) is 10.3 Å². The van der Waals surface area contributed by atoms with Crippen LogP contribution in [0, 0.1) is 5.82 Å². The molecule has 0 bridgehead atoms. The molecule has 0 radical (unpaired) electrons. The highest BCUT2D eigenvalue weighted by Crippen LogP contribution is 2.25. The molecule has 0 spiro atoms. The van der Waals surface area contributed by atoms with Crippen LogP contribution in [0.3, 0.4) is 0 Å². The molecular weight excluding hydrogens is 401 g/mol. The molecule has 0 aliphatic heterocycles. The molecule has 0 aliphatic rings. The van der Waals surface area contributed by atoms with Crippen LogP contribution < -0.4 is 10.2 Å². The second-order valence-corrected chi connectivity index (χ2v) is 7.53. The number of aromatic amines is 1. The number of hydrogen-bond acceptors (Lipinski definition) is 2. The van der Waals surface area contributed by atoms with Gasteiger partial charge in [0.15, 0.2) is 0 Å². The fourth-order valence-corrected chi connectivity index (χ4v) is 3.61. The number of aromatic nitrogens is 1. The molecule has 4 aromatic rings. The maximum Gasteiger partial charge on any atom is 0.251 e. The van der Waals surface area contributed by atoms with Gasteiger partial charge in [-0.05, 0) is 72.6 Å². The van der Waals surface area contributed by atoms with Crippen LogP contribution >= 0.6 is 11.6 Å². The molecular formula is C24H21ClFN3O. The lowest BCUT2D eigenvalue weighted by Crippen LogP contribution is -2.25. The van der Waals surface area contributed by atoms with Gasteiger partial charge in [0.2, 0.25) is 0 Å². The number of hydrogen-bond donors (Lipinski definition) is 2. The summed E-state index contributed by atoms with van der Waals surface area (Å²) in [6, 6.07) is 19.4. The molecule has 0 unspecified atom stereocenters. The predicted octanol–water partition coefficient (Wildman–Crippen LogP) is 5.70. The zero-order valence-corrected chi connectivity index (χ0v) is 17.2. The van der Waals surface area contributed by atoms with Gasteiger partial charge in [0.1, 0.15) is 5.82 Å². The number of amides is 1. The number of rotatable bonds is 6. The average molecular weight is 422 g/mol. The van der Waals surface area contributed by atoms with Crippen LogP contribution in [0.5, 0.6) is 0 Å². The Kier molecular flexibility index (Phi) is 5.72. The summed E-state index contributed by atoms with van der Waals surface area (Å²) in [5, 5.41) is 4.72. The van der Waals surface area contributed by atoms with Gasteiger partial charge in [-0.25, -0.2) is 4.39 Å². The monoisotopic (exact) mass is 421 g/mol. The van der Waals surface area contributed by atoms with Gasteiger partial charge in [-0.2, -0.15) is 0 Å². The van der Waals surface area contributed by atoms with E-state index < -0.39 is 0 Å². The van der Waals surface area contributed by atoms with Crippen LogP contribution in [0.2, 0.25) is 5.02 Å². The number of benzene rings is 3. The summed E-state index contributed by atoms with van der Waals surface area (Å²) in [5.74, 6) is -0.416. The third kappa shape index (κ3) is 4.31. The molecule has 0 saturated carbocycles. The maximum absolute atomic E-state index is 13.5. The highest BCUT2D eigenvalue weighted by atomic mass is 35.5. The Balaban J connectivity index is 1.37. The van der Waals surface area contributed by atoms with Crippen molar-refractivity contribution in [3.63, 3.8) is 0 Å². The van der Waals surface area contributed by atoms with E-state index in [0.29, 0.717) is 23.6 Å². The topological polar surface area (TPSA) is 48.1 Å². The molecule has 2 N–H and O–H groups in total. The van der Waals surface area contributed by atoms with Gasteiger partial charge in [0.05, 0.1) is 0 Å². The highest BCUT2D eigenvalue weighted by Gasteiger charge is 2.09. The quantitative estimate of drug-likeness (QED) is 0.419. The summed E-state index contributed by atoms with van der Waals surface area (Å²) in [7, 11) is 1.86. The Labute approximate surface area is 179 Å². The second-order valence-electron chi connectivity index (χ2n) is 7.10. The van der Waals surface area contributed by atoms with E-state index in [9.17, 15) is 9.18 Å². The van der Waals surface area contributed by atoms with E-state index >= 15 is 0 Å². The molecule has 1 heterocycles. The number of H-pyrrole nitrogens is 1. The van der Waals surface area contributed by atoms with Crippen molar-refractivity contribution in [2.24, 2.45) is 0 Å². The summed E-state index contributed by atoms with van der Waals surface area (Å²) in [4.78, 5) is 17.6. The van der Waals surface area contributed by atoms with Crippen molar-refractivity contribution in [3.8, 4) is 0 Å². The molecule has 4 rings (SSSR count). The van der Waals surface area contributed by atoms with E-state index in [1.165, 1.54) is 12.1 Å². The SMILES string of the molecule is CN(c1ccc(C(=O)NCCc2c[nH]c3ccc(Cl)cc23)cc1)c1cccc(F)c1. The van der Waals surface area contributed by atoms with Crippen molar-refractivity contribution in [1.82, 2.24) is 10.3 Å². The molecule has 1 amide bonds. The van der Waals surface area contributed by atoms with E-state index in [0.717, 1.165) is 27.8 Å². The van der Waals surface area contributed by atoms with Gasteiger partial charge >= 0.3 is 0 Å². The van der Waals surface area contributed by atoms with Crippen molar-refractivity contribution in [2.75, 3.05) is 18.5 Å². The van der Waals surface area contributed by atoms with Crippen LogP contribution in [0.25, 0.3) is 10.9 Å². The fraction of sp³-hybridized carbons (Fsp3) is 0.125. The smallest absolute Gasteiger partial charge is 0.251 e. The Morgan fingerprint density at radius 2 is 1.87 bits per heavy atom. The van der Waals surface area contributed by atoms with Crippen LogP contribution in [-0.2, 0) is 6.42 Å². The molecule has 1 aromatic heterocycles. The summed E-state index contributed by atoms with van der Waals surface area (Å²) in [6.07, 6.45) is 2.65. The molecule has 3 aromatic carbocycles. The zero-order valence-electron chi connectivity index (χ0n) is 16.5. The minimum Gasteiger partial charge on any atom is -0.361 e. The van der Waals surface area contributed by atoms with Gasteiger partial charge < -0.3 is 15.2 Å². The molecule has 0 aliphatic carbocycles. The Bertz CT molecular complexity index is 1190. The predicted molar refractivity (Wildman–Crippen MR) is 120 cm³/mol. The molecule has 30 heavy (non-hydrogen) atoms. The maximum atomic E-state index is 13.5. The minimum atomic E-state index is -0.284. The first-order valence-electron chi connectivity index (χ1n) is 9.64. The third-order valence-electron chi connectivity index (χ3n) is 5.12. The van der Waals surface area contributed by atoms with Crippen LogP contribution in [-0.4, -0.2) is 24.5 Å². The number of anilines is 2. The van der Waals surface area contributed by atoms with Crippen LogP contribution in [0.4, 0.5) is 15.8 Å². The molecule has 6 heteroatoms. The standard InChI is InChI=1S/C24H21ClFN3O/c1-29(21-4-2-3-19(26)14-21)20-8-5-16(6-9-20)24(30)27-12-11-17-15-28-23-10-7-18(25)13-22(17)23/h2-10,13-15,28H,11-12H2,1H3,(H,27,30). The highest BCUT2D eigenvalue weighted by molar-refractivity contribution is 6.31. The lowest BCUT2D eigenvalue weighted by atomic mass is 10.1. The molecule has 152 valence electrons. The summed E-state index contributed by atoms with van der Waals surface area (Å²) >= 11 is 6.09. The lowest BCUT2D eigenvalue weighted by molar-refractivity contribution is 0.0954. The van der Waals surface area contributed by atoms with Crippen molar-refractivity contribution >= 4 is 39.8 Å². The molecule has 0 saturated heterocycles. The first-order chi connectivity index (χ1) is 14.5. The largest absolute Gasteiger partial charge is 0.361 e. The number of carbonyl (C=O) groups excluding carboxylic acids is 1. The van der Waals surface area contributed by atoms with Crippen LogP contribution in [0.15, 0.2) is 72.9 Å². The first-order valence-corrected chi connectivity index (χ1v) is 10.0. The first kappa shape index (κ1) is 20.0. The molecule has 4 nitrogen and oxygen atoms in total. The van der Waals surface area contributed by atoms with Crippen molar-refractivity contribution in [2.45, 2.75) is 6.42 Å². The van der Waals surface area contributed by atoms with Crippen molar-refractivity contribution in [1.29, 1.82) is 0 Å². The van der Waals surface area contributed by atoms with Gasteiger partial charge in [-0.15, -0.1) is 0 Å². The van der Waals surface area contributed by atoms with E-state index in [-0.39, 0.29) is 11.7 Å². The third-order valence-corrected chi connectivity index (χ3v) is 5.36. The van der Waals surface area contributed by atoms with Crippen molar-refractivity contribution in [3.05, 3.63) is 94.9 Å². The number of carbonyl (C=O) groups is 1. The normalized spacial score (nSPS) is 10.9. The van der Waals surface area contributed by atoms with Crippen LogP contribution in [0.1, 0.15) is 15.9 Å². The van der Waals surface area contributed by atoms with Crippen molar-refractivity contribution < 1.29 is 9.18 Å². The van der Waals surface area contributed by atoms with E-state index in [4.69, 9.17) is 11.6 Å². The number of nitrogens with zero attached hydrogens (tertiary/aromatic N) is 1. The van der Waals surface area contributed by atoms with Gasteiger partial charge in [-0.3, -0.25) is 4.79 Å². The van der Waals surface area contributed by atoms with Gasteiger partial charge in [0.25, 0.3) is 5.91 Å². The molecule has 0 atom stereocenters. The Morgan fingerprint density at radius 1 is 1.07 bits per heavy atom. The fourth-order valence-electron chi connectivity index (χ4n) is 3.44. The number of nitrogens with one attached hydrogen (secondary N) is 2. The minimum absolute atomic E-state index is 0.132. The van der Waals surface area contributed by atoms with E-state index in [1.54, 1.807) is 18.2 Å². The lowest BCUT2D eigenvalue weighted by Gasteiger charge is -2.19. The van der Waals surface area contributed by atoms with Gasteiger partial charge in [-0.1, -0.05) is 17.7 Å². The molecule has 0 fully saturated rings. The Morgan fingerprint density at radius 3 is 2.63 bits per heavy atom. The summed E-state index contributed by atoms with van der Waals surface area (Å²) < 4.78 is 13.5. The number of halogens is 2. The summed E-state index contributed by atoms with van der Waals surface area (Å²) in [6.45, 7) is 0.517. The average Bonchev–Trinajstić information content (AvgIpc) is 3.15. The zero-order chi connectivity index (χ0) is 21.1. The van der Waals surface area contributed by atoms with Gasteiger partial charge in [0, 0.05) is 52.7 Å². The Hall–Kier alpha value is -3.31.